The lowest BCUT2D eigenvalue weighted by atomic mass is 9.75. The molecule has 0 aliphatic heterocycles. The van der Waals surface area contributed by atoms with Crippen LogP contribution in [0.2, 0.25) is 0 Å². The Morgan fingerprint density at radius 1 is 1.24 bits per heavy atom. The third kappa shape index (κ3) is 4.18. The summed E-state index contributed by atoms with van der Waals surface area (Å²) in [4.78, 5) is 11.8. The Kier molecular flexibility index (Phi) is 4.06. The summed E-state index contributed by atoms with van der Waals surface area (Å²) in [6, 6.07) is 0. The van der Waals surface area contributed by atoms with Crippen LogP contribution >= 0.6 is 0 Å². The van der Waals surface area contributed by atoms with Crippen molar-refractivity contribution in [2.45, 2.75) is 60.8 Å². The summed E-state index contributed by atoms with van der Waals surface area (Å²) in [5, 5.41) is 0. The highest BCUT2D eigenvalue weighted by Gasteiger charge is 2.29. The van der Waals surface area contributed by atoms with E-state index in [1.807, 2.05) is 20.8 Å². The number of hydrogen-bond acceptors (Lipinski definition) is 2. The second-order valence-electron chi connectivity index (χ2n) is 7.14. The first-order valence-electron chi connectivity index (χ1n) is 6.53. The van der Waals surface area contributed by atoms with Crippen molar-refractivity contribution in [3.63, 3.8) is 0 Å². The number of carbonyl (C=O) groups excluding carboxylic acids is 1. The number of hydrogen-bond donors (Lipinski definition) is 0. The lowest BCUT2D eigenvalue weighted by Crippen LogP contribution is -2.26. The Balaban J connectivity index is 2.72. The molecule has 0 N–H and O–H groups in total. The quantitative estimate of drug-likeness (QED) is 0.636. The molecule has 0 bridgehead atoms. The third-order valence-corrected chi connectivity index (χ3v) is 3.27. The van der Waals surface area contributed by atoms with E-state index < -0.39 is 5.41 Å². The minimum Gasteiger partial charge on any atom is -0.431 e. The van der Waals surface area contributed by atoms with Gasteiger partial charge in [0.25, 0.3) is 0 Å². The summed E-state index contributed by atoms with van der Waals surface area (Å²) >= 11 is 0. The Hall–Kier alpha value is -0.790. The predicted molar refractivity (Wildman–Crippen MR) is 70.4 cm³/mol. The first-order valence-corrected chi connectivity index (χ1v) is 6.53. The Morgan fingerprint density at radius 3 is 2.29 bits per heavy atom. The monoisotopic (exact) mass is 238 g/mol. The van der Waals surface area contributed by atoms with Crippen molar-refractivity contribution >= 4 is 5.97 Å². The summed E-state index contributed by atoms with van der Waals surface area (Å²) in [7, 11) is 0. The molecule has 2 nitrogen and oxygen atoms in total. The van der Waals surface area contributed by atoms with Crippen molar-refractivity contribution in [2.75, 3.05) is 0 Å². The van der Waals surface area contributed by atoms with Gasteiger partial charge in [0, 0.05) is 6.42 Å². The molecule has 1 atom stereocenters. The zero-order valence-electron chi connectivity index (χ0n) is 12.1. The molecule has 0 amide bonds. The van der Waals surface area contributed by atoms with Crippen LogP contribution in [-0.2, 0) is 9.53 Å². The second-order valence-corrected chi connectivity index (χ2v) is 7.14. The minimum atomic E-state index is -0.421. The normalized spacial score (nSPS) is 22.0. The first kappa shape index (κ1) is 14.3. The smallest absolute Gasteiger partial charge is 0.316 e. The largest absolute Gasteiger partial charge is 0.431 e. The van der Waals surface area contributed by atoms with E-state index in [2.05, 4.69) is 26.8 Å². The molecular weight excluding hydrogens is 212 g/mol. The summed E-state index contributed by atoms with van der Waals surface area (Å²) in [6.07, 6.45) is 5.37. The van der Waals surface area contributed by atoms with Crippen LogP contribution in [0, 0.1) is 16.7 Å². The molecule has 0 aromatic rings. The van der Waals surface area contributed by atoms with Crippen LogP contribution in [0.15, 0.2) is 11.8 Å². The zero-order valence-corrected chi connectivity index (χ0v) is 12.1. The van der Waals surface area contributed by atoms with Crippen molar-refractivity contribution in [2.24, 2.45) is 16.7 Å². The van der Waals surface area contributed by atoms with Crippen molar-refractivity contribution in [3.05, 3.63) is 11.8 Å². The van der Waals surface area contributed by atoms with Gasteiger partial charge in [0.1, 0.15) is 5.76 Å². The van der Waals surface area contributed by atoms with Gasteiger partial charge in [0.05, 0.1) is 5.41 Å². The number of esters is 1. The molecule has 0 aromatic carbocycles. The van der Waals surface area contributed by atoms with E-state index in [1.165, 1.54) is 6.42 Å². The van der Waals surface area contributed by atoms with Crippen molar-refractivity contribution in [3.8, 4) is 0 Å². The van der Waals surface area contributed by atoms with E-state index in [1.54, 1.807) is 0 Å². The molecule has 98 valence electrons. The molecular formula is C15H26O2. The van der Waals surface area contributed by atoms with Crippen molar-refractivity contribution < 1.29 is 9.53 Å². The molecule has 1 aliphatic rings. The van der Waals surface area contributed by atoms with E-state index in [0.29, 0.717) is 5.92 Å². The fraction of sp³-hybridized carbons (Fsp3) is 0.800. The molecule has 2 heteroatoms. The Labute approximate surface area is 105 Å². The SMILES string of the molecule is CC(C)(C)C(=O)OC1=C[C@H](C(C)(C)C)CCC1. The number of carbonyl (C=O) groups is 1. The van der Waals surface area contributed by atoms with Gasteiger partial charge in [0.15, 0.2) is 0 Å². The van der Waals surface area contributed by atoms with Gasteiger partial charge >= 0.3 is 5.97 Å². The van der Waals surface area contributed by atoms with Crippen LogP contribution in [0.4, 0.5) is 0 Å². The van der Waals surface area contributed by atoms with Crippen LogP contribution in [0.3, 0.4) is 0 Å². The standard InChI is InChI=1S/C15H26O2/c1-14(2,3)11-8-7-9-12(10-11)17-13(16)15(4,5)6/h10-11H,7-9H2,1-6H3/t11-/m1/s1. The molecule has 0 radical (unpaired) electrons. The summed E-state index contributed by atoms with van der Waals surface area (Å²) < 4.78 is 5.50. The van der Waals surface area contributed by atoms with Gasteiger partial charge in [0.2, 0.25) is 0 Å². The maximum atomic E-state index is 11.8. The van der Waals surface area contributed by atoms with Crippen LogP contribution in [-0.4, -0.2) is 5.97 Å². The highest BCUT2D eigenvalue weighted by Crippen LogP contribution is 2.36. The van der Waals surface area contributed by atoms with Crippen molar-refractivity contribution in [1.29, 1.82) is 0 Å². The molecule has 0 saturated heterocycles. The van der Waals surface area contributed by atoms with E-state index in [9.17, 15) is 4.79 Å². The van der Waals surface area contributed by atoms with Gasteiger partial charge in [-0.3, -0.25) is 4.79 Å². The Bertz CT molecular complexity index is 313. The maximum Gasteiger partial charge on any atom is 0.316 e. The minimum absolute atomic E-state index is 0.127. The topological polar surface area (TPSA) is 26.3 Å². The molecule has 0 aromatic heterocycles. The van der Waals surface area contributed by atoms with Gasteiger partial charge in [-0.25, -0.2) is 0 Å². The number of ether oxygens (including phenoxy) is 1. The highest BCUT2D eigenvalue weighted by atomic mass is 16.5. The molecule has 0 fully saturated rings. The zero-order chi connectivity index (χ0) is 13.3. The van der Waals surface area contributed by atoms with Gasteiger partial charge in [-0.1, -0.05) is 20.8 Å². The number of allylic oxidation sites excluding steroid dienone is 2. The van der Waals surface area contributed by atoms with E-state index in [4.69, 9.17) is 4.74 Å². The molecule has 1 rings (SSSR count). The van der Waals surface area contributed by atoms with Gasteiger partial charge in [-0.15, -0.1) is 0 Å². The average Bonchev–Trinajstić information content (AvgIpc) is 2.15. The lowest BCUT2D eigenvalue weighted by molar-refractivity contribution is -0.149. The second kappa shape index (κ2) is 4.83. The molecule has 0 unspecified atom stereocenters. The lowest BCUT2D eigenvalue weighted by Gasteiger charge is -2.32. The van der Waals surface area contributed by atoms with Crippen LogP contribution in [0.25, 0.3) is 0 Å². The fourth-order valence-electron chi connectivity index (χ4n) is 1.93. The Morgan fingerprint density at radius 2 is 1.82 bits per heavy atom. The molecule has 1 aliphatic carbocycles. The molecule has 0 heterocycles. The van der Waals surface area contributed by atoms with E-state index in [-0.39, 0.29) is 11.4 Å². The first-order chi connectivity index (χ1) is 7.60. The highest BCUT2D eigenvalue weighted by molar-refractivity contribution is 5.76. The summed E-state index contributed by atoms with van der Waals surface area (Å²) in [6.45, 7) is 12.4. The summed E-state index contributed by atoms with van der Waals surface area (Å²) in [5.41, 5.74) is -0.171. The average molecular weight is 238 g/mol. The van der Waals surface area contributed by atoms with E-state index in [0.717, 1.165) is 18.6 Å². The molecule has 17 heavy (non-hydrogen) atoms. The van der Waals surface area contributed by atoms with Crippen LogP contribution in [0.1, 0.15) is 60.8 Å². The van der Waals surface area contributed by atoms with Gasteiger partial charge in [-0.05, 0) is 51.0 Å². The third-order valence-electron chi connectivity index (χ3n) is 3.27. The molecule has 0 saturated carbocycles. The van der Waals surface area contributed by atoms with Crippen LogP contribution in [0.5, 0.6) is 0 Å². The van der Waals surface area contributed by atoms with E-state index >= 15 is 0 Å². The number of rotatable bonds is 1. The summed E-state index contributed by atoms with van der Waals surface area (Å²) in [5.74, 6) is 1.26. The predicted octanol–water partition coefficient (Wildman–Crippen LogP) is 4.31. The van der Waals surface area contributed by atoms with Gasteiger partial charge < -0.3 is 4.74 Å². The maximum absolute atomic E-state index is 11.8. The van der Waals surface area contributed by atoms with Gasteiger partial charge in [-0.2, -0.15) is 0 Å². The fourth-order valence-corrected chi connectivity index (χ4v) is 1.93. The van der Waals surface area contributed by atoms with Crippen molar-refractivity contribution in [1.82, 2.24) is 0 Å². The van der Waals surface area contributed by atoms with Crippen LogP contribution < -0.4 is 0 Å². The molecule has 0 spiro atoms.